The van der Waals surface area contributed by atoms with Gasteiger partial charge in [-0.05, 0) is 45.8 Å². The van der Waals surface area contributed by atoms with Crippen LogP contribution in [0.25, 0.3) is 34.2 Å². The summed E-state index contributed by atoms with van der Waals surface area (Å²) in [5.74, 6) is 3.09. The second kappa shape index (κ2) is 5.77. The second-order valence-corrected chi connectivity index (χ2v) is 9.05. The van der Waals surface area contributed by atoms with Gasteiger partial charge in [0, 0.05) is 11.6 Å². The van der Waals surface area contributed by atoms with Crippen molar-refractivity contribution in [2.75, 3.05) is 0 Å². The summed E-state index contributed by atoms with van der Waals surface area (Å²) in [7, 11) is 0. The van der Waals surface area contributed by atoms with Gasteiger partial charge in [-0.3, -0.25) is 0 Å². The Bertz CT molecular complexity index is 1840. The number of fused-ring (bicyclic) bond motifs is 4. The van der Waals surface area contributed by atoms with Gasteiger partial charge in [0.25, 0.3) is 0 Å². The van der Waals surface area contributed by atoms with Gasteiger partial charge in [0.2, 0.25) is 18.3 Å². The summed E-state index contributed by atoms with van der Waals surface area (Å²) in [5.41, 5.74) is 5.79. The lowest BCUT2D eigenvalue weighted by Gasteiger charge is -2.22. The summed E-state index contributed by atoms with van der Waals surface area (Å²) >= 11 is 0. The number of benzene rings is 3. The molecule has 6 heterocycles. The van der Waals surface area contributed by atoms with Gasteiger partial charge in [-0.15, -0.1) is 9.36 Å². The van der Waals surface area contributed by atoms with Gasteiger partial charge in [-0.1, -0.05) is 30.3 Å². The molecule has 7 heteroatoms. The summed E-state index contributed by atoms with van der Waals surface area (Å²) in [4.78, 5) is 4.55. The molecule has 9 rings (SSSR count). The molecule has 3 aromatic carbocycles. The molecule has 0 aliphatic carbocycles. The lowest BCUT2D eigenvalue weighted by molar-refractivity contribution is -1.02. The summed E-state index contributed by atoms with van der Waals surface area (Å²) in [6.07, 6.45) is 10.3. The maximum Gasteiger partial charge on any atom is 0.469 e. The van der Waals surface area contributed by atoms with E-state index in [1.807, 2.05) is 36.4 Å². The Kier molecular flexibility index (Phi) is 2.89. The topological polar surface area (TPSA) is 52.9 Å². The van der Waals surface area contributed by atoms with Crippen molar-refractivity contribution >= 4 is 0 Å². The van der Waals surface area contributed by atoms with E-state index in [4.69, 9.17) is 9.15 Å². The average molecular weight is 455 g/mol. The monoisotopic (exact) mass is 455 g/mol. The number of hydrogen-bond acceptors (Lipinski definition) is 3. The zero-order valence-electron chi connectivity index (χ0n) is 18.4. The molecule has 1 spiro atoms. The van der Waals surface area contributed by atoms with Crippen LogP contribution in [0.15, 0.2) is 108 Å². The summed E-state index contributed by atoms with van der Waals surface area (Å²) in [5, 5.41) is 0. The molecular formula is C28H17N5O2+2. The van der Waals surface area contributed by atoms with Gasteiger partial charge >= 0.3 is 5.66 Å². The van der Waals surface area contributed by atoms with Crippen LogP contribution in [-0.2, 0) is 5.66 Å². The number of rotatable bonds is 2. The van der Waals surface area contributed by atoms with Crippen LogP contribution >= 0.6 is 0 Å². The predicted octanol–water partition coefficient (Wildman–Crippen LogP) is 4.20. The highest BCUT2D eigenvalue weighted by Crippen LogP contribution is 2.53. The second-order valence-electron chi connectivity index (χ2n) is 9.05. The Balaban J connectivity index is 1.33. The molecule has 3 aliphatic rings. The van der Waals surface area contributed by atoms with Gasteiger partial charge < -0.3 is 9.15 Å². The molecule has 0 saturated carbocycles. The minimum atomic E-state index is -0.597. The number of oxazole rings is 1. The van der Waals surface area contributed by atoms with Crippen molar-refractivity contribution in [1.82, 2.24) is 14.3 Å². The Morgan fingerprint density at radius 1 is 0.743 bits per heavy atom. The van der Waals surface area contributed by atoms with Crippen LogP contribution in [0.1, 0.15) is 11.1 Å². The molecule has 0 fully saturated rings. The molecule has 0 bridgehead atoms. The Labute approximate surface area is 199 Å². The van der Waals surface area contributed by atoms with Crippen LogP contribution < -0.4 is 14.1 Å². The maximum absolute atomic E-state index is 6.44. The van der Waals surface area contributed by atoms with Crippen molar-refractivity contribution in [2.45, 2.75) is 5.66 Å². The predicted molar refractivity (Wildman–Crippen MR) is 125 cm³/mol. The molecule has 35 heavy (non-hydrogen) atoms. The van der Waals surface area contributed by atoms with Gasteiger partial charge in [0.1, 0.15) is 28.4 Å². The summed E-state index contributed by atoms with van der Waals surface area (Å²) < 4.78 is 21.6. The van der Waals surface area contributed by atoms with E-state index in [1.165, 1.54) is 0 Å². The molecule has 3 aromatic heterocycles. The van der Waals surface area contributed by atoms with E-state index in [2.05, 4.69) is 84.9 Å². The fourth-order valence-electron chi connectivity index (χ4n) is 6.01. The molecule has 1 unspecified atom stereocenters. The molecule has 1 atom stereocenters. The van der Waals surface area contributed by atoms with Crippen LogP contribution in [0.4, 0.5) is 0 Å². The molecule has 6 aromatic rings. The van der Waals surface area contributed by atoms with E-state index in [9.17, 15) is 0 Å². The van der Waals surface area contributed by atoms with Crippen molar-refractivity contribution in [2.24, 2.45) is 0 Å². The minimum Gasteiger partial charge on any atom is -0.455 e. The van der Waals surface area contributed by atoms with Gasteiger partial charge in [0.05, 0.1) is 18.6 Å². The standard InChI is InChI=1S/C28H17N5O2/c1-2-7-18(8-3-1)27-29-15-24(35-27)19-16-31-21-10-5-12-23-26(21)28(33(31)17-19)25-20(9-4-11-22(25)34-23)30-13-6-14-32(28)30/h1-17H/q+2. The number of aromatic nitrogens is 5. The van der Waals surface area contributed by atoms with Crippen molar-refractivity contribution in [3.05, 3.63) is 115 Å². The molecular weight excluding hydrogens is 438 g/mol. The van der Waals surface area contributed by atoms with E-state index >= 15 is 0 Å². The van der Waals surface area contributed by atoms with Crippen LogP contribution in [0, 0.1) is 0 Å². The Morgan fingerprint density at radius 2 is 1.51 bits per heavy atom. The zero-order valence-corrected chi connectivity index (χ0v) is 18.4. The third-order valence-electron chi connectivity index (χ3n) is 7.33. The summed E-state index contributed by atoms with van der Waals surface area (Å²) in [6.45, 7) is 0. The first-order valence-corrected chi connectivity index (χ1v) is 11.6. The molecule has 164 valence electrons. The SMILES string of the molecule is c1ccc(-c2ncc(-c3cn4[n+](c3)C35c6c(cccc6-n6ccc[n+]63)Oc3cccc-4c35)o2)cc1. The quantitative estimate of drug-likeness (QED) is 0.367. The highest BCUT2D eigenvalue weighted by Gasteiger charge is 2.73. The van der Waals surface area contributed by atoms with Gasteiger partial charge in [0.15, 0.2) is 16.9 Å². The number of hydrogen-bond donors (Lipinski definition) is 0. The fraction of sp³-hybridized carbons (Fsp3) is 0.0357. The Morgan fingerprint density at radius 3 is 2.31 bits per heavy atom. The van der Waals surface area contributed by atoms with E-state index < -0.39 is 5.66 Å². The Hall–Kier alpha value is -4.91. The normalized spacial score (nSPS) is 17.5. The van der Waals surface area contributed by atoms with Gasteiger partial charge in [-0.25, -0.2) is 4.98 Å². The minimum absolute atomic E-state index is 0.597. The molecule has 0 N–H and O–H groups in total. The fourth-order valence-corrected chi connectivity index (χ4v) is 6.01. The van der Waals surface area contributed by atoms with Crippen LogP contribution in [0.2, 0.25) is 0 Å². The number of nitrogens with zero attached hydrogens (tertiary/aromatic N) is 5. The molecule has 0 saturated heterocycles. The van der Waals surface area contributed by atoms with Crippen molar-refractivity contribution in [3.63, 3.8) is 0 Å². The molecule has 0 amide bonds. The number of ether oxygens (including phenoxy) is 1. The average Bonchev–Trinajstić information content (AvgIpc) is 3.70. The first-order valence-electron chi connectivity index (χ1n) is 11.6. The highest BCUT2D eigenvalue weighted by molar-refractivity contribution is 5.68. The third-order valence-corrected chi connectivity index (χ3v) is 7.33. The maximum atomic E-state index is 6.44. The van der Waals surface area contributed by atoms with E-state index in [0.717, 1.165) is 50.9 Å². The smallest absolute Gasteiger partial charge is 0.455 e. The van der Waals surface area contributed by atoms with E-state index in [-0.39, 0.29) is 0 Å². The molecule has 3 aliphatic heterocycles. The van der Waals surface area contributed by atoms with Gasteiger partial charge in [-0.2, -0.15) is 0 Å². The van der Waals surface area contributed by atoms with E-state index in [0.29, 0.717) is 5.89 Å². The summed E-state index contributed by atoms with van der Waals surface area (Å²) in [6, 6.07) is 24.6. The first kappa shape index (κ1) is 17.6. The lowest BCUT2D eigenvalue weighted by atomic mass is 9.87. The molecule has 7 nitrogen and oxygen atoms in total. The lowest BCUT2D eigenvalue weighted by Crippen LogP contribution is -2.74. The van der Waals surface area contributed by atoms with Crippen molar-refractivity contribution < 1.29 is 18.5 Å². The van der Waals surface area contributed by atoms with Crippen molar-refractivity contribution in [1.29, 1.82) is 0 Å². The first-order chi connectivity index (χ1) is 17.3. The highest BCUT2D eigenvalue weighted by atomic mass is 16.5. The van der Waals surface area contributed by atoms with Crippen molar-refractivity contribution in [3.8, 4) is 45.7 Å². The zero-order chi connectivity index (χ0) is 22.7. The van der Waals surface area contributed by atoms with E-state index in [1.54, 1.807) is 6.20 Å². The molecule has 0 radical (unpaired) electrons. The van der Waals surface area contributed by atoms with Crippen LogP contribution in [-0.4, -0.2) is 14.3 Å². The third kappa shape index (κ3) is 1.90. The largest absolute Gasteiger partial charge is 0.469 e. The van der Waals surface area contributed by atoms with Crippen LogP contribution in [0.5, 0.6) is 11.5 Å². The van der Waals surface area contributed by atoms with Crippen LogP contribution in [0.3, 0.4) is 0 Å².